The van der Waals surface area contributed by atoms with Gasteiger partial charge < -0.3 is 11.1 Å². The van der Waals surface area contributed by atoms with E-state index in [1.54, 1.807) is 13.1 Å². The third-order valence-electron chi connectivity index (χ3n) is 2.57. The lowest BCUT2D eigenvalue weighted by molar-refractivity contribution is -0.121. The molecule has 1 heterocycles. The maximum absolute atomic E-state index is 11.7. The molecule has 1 amide bonds. The van der Waals surface area contributed by atoms with Gasteiger partial charge in [0.25, 0.3) is 0 Å². The van der Waals surface area contributed by atoms with Crippen LogP contribution in [0.4, 0.5) is 5.13 Å². The zero-order valence-electron chi connectivity index (χ0n) is 7.99. The van der Waals surface area contributed by atoms with E-state index in [1.165, 1.54) is 11.3 Å². The summed E-state index contributed by atoms with van der Waals surface area (Å²) in [5, 5.41) is 5.16. The number of carbonyl (C=O) groups excluding carboxylic acids is 1. The van der Waals surface area contributed by atoms with Crippen molar-refractivity contribution in [2.45, 2.75) is 25.3 Å². The number of hydrogen-bond acceptors (Lipinski definition) is 4. The summed E-state index contributed by atoms with van der Waals surface area (Å²) >= 11 is 1.40. The van der Waals surface area contributed by atoms with Gasteiger partial charge in [0.05, 0.1) is 5.54 Å². The third kappa shape index (κ3) is 1.78. The zero-order chi connectivity index (χ0) is 10.2. The van der Waals surface area contributed by atoms with Gasteiger partial charge in [0.1, 0.15) is 0 Å². The fourth-order valence-electron chi connectivity index (χ4n) is 1.39. The van der Waals surface area contributed by atoms with Crippen LogP contribution in [-0.4, -0.2) is 16.4 Å². The largest absolute Gasteiger partial charge is 0.317 e. The molecule has 0 spiro atoms. The minimum Gasteiger partial charge on any atom is -0.317 e. The Labute approximate surface area is 86.5 Å². The van der Waals surface area contributed by atoms with E-state index in [0.717, 1.165) is 12.8 Å². The second-order valence-corrected chi connectivity index (χ2v) is 4.74. The second kappa shape index (κ2) is 3.33. The van der Waals surface area contributed by atoms with Crippen molar-refractivity contribution < 1.29 is 4.79 Å². The molecule has 3 N–H and O–H groups in total. The molecule has 0 saturated heterocycles. The number of amides is 1. The lowest BCUT2D eigenvalue weighted by Gasteiger charge is -2.22. The van der Waals surface area contributed by atoms with Gasteiger partial charge in [0.2, 0.25) is 5.91 Å². The Balaban J connectivity index is 2.01. The molecule has 0 radical (unpaired) electrons. The van der Waals surface area contributed by atoms with Crippen molar-refractivity contribution in [3.05, 3.63) is 11.6 Å². The van der Waals surface area contributed by atoms with Crippen LogP contribution >= 0.6 is 11.3 Å². The number of aromatic nitrogens is 1. The first kappa shape index (κ1) is 9.61. The van der Waals surface area contributed by atoms with E-state index in [-0.39, 0.29) is 5.91 Å². The van der Waals surface area contributed by atoms with Crippen molar-refractivity contribution in [2.75, 3.05) is 5.32 Å². The monoisotopic (exact) mass is 211 g/mol. The summed E-state index contributed by atoms with van der Waals surface area (Å²) < 4.78 is 0. The van der Waals surface area contributed by atoms with Crippen molar-refractivity contribution in [1.82, 2.24) is 4.98 Å². The van der Waals surface area contributed by atoms with Gasteiger partial charge in [-0.05, 0) is 25.7 Å². The zero-order valence-corrected chi connectivity index (χ0v) is 8.80. The average Bonchev–Trinajstić information content (AvgIpc) is 2.88. The van der Waals surface area contributed by atoms with Crippen LogP contribution in [-0.2, 0) is 4.79 Å². The van der Waals surface area contributed by atoms with Crippen LogP contribution in [0.5, 0.6) is 0 Å². The van der Waals surface area contributed by atoms with Gasteiger partial charge >= 0.3 is 0 Å². The molecule has 1 aromatic rings. The molecule has 0 bridgehead atoms. The molecule has 76 valence electrons. The van der Waals surface area contributed by atoms with E-state index in [1.807, 2.05) is 5.38 Å². The molecule has 1 aliphatic rings. The number of thiazole rings is 1. The first-order valence-electron chi connectivity index (χ1n) is 4.60. The summed E-state index contributed by atoms with van der Waals surface area (Å²) in [5.74, 6) is 0.206. The van der Waals surface area contributed by atoms with Crippen LogP contribution in [0.1, 0.15) is 19.8 Å². The summed E-state index contributed by atoms with van der Waals surface area (Å²) in [6.45, 7) is 1.79. The van der Waals surface area contributed by atoms with Crippen molar-refractivity contribution >= 4 is 22.4 Å². The molecular weight excluding hydrogens is 198 g/mol. The third-order valence-corrected chi connectivity index (χ3v) is 3.26. The normalized spacial score (nSPS) is 20.1. The maximum atomic E-state index is 11.7. The molecule has 1 unspecified atom stereocenters. The first-order chi connectivity index (χ1) is 6.60. The average molecular weight is 211 g/mol. The van der Waals surface area contributed by atoms with E-state index in [0.29, 0.717) is 11.0 Å². The summed E-state index contributed by atoms with van der Waals surface area (Å²) in [4.78, 5) is 15.7. The van der Waals surface area contributed by atoms with Gasteiger partial charge in [-0.2, -0.15) is 0 Å². The molecule has 1 atom stereocenters. The number of carbonyl (C=O) groups is 1. The predicted molar refractivity (Wildman–Crippen MR) is 56.1 cm³/mol. The summed E-state index contributed by atoms with van der Waals surface area (Å²) in [6, 6.07) is 0. The Morgan fingerprint density at radius 1 is 1.79 bits per heavy atom. The molecular formula is C9H13N3OS. The fourth-order valence-corrected chi connectivity index (χ4v) is 1.91. The first-order valence-corrected chi connectivity index (χ1v) is 5.48. The van der Waals surface area contributed by atoms with Crippen LogP contribution in [0.15, 0.2) is 11.6 Å². The lowest BCUT2D eigenvalue weighted by atomic mass is 9.96. The Morgan fingerprint density at radius 3 is 3.00 bits per heavy atom. The summed E-state index contributed by atoms with van der Waals surface area (Å²) in [5.41, 5.74) is 5.20. The van der Waals surface area contributed by atoms with Gasteiger partial charge in [-0.1, -0.05) is 0 Å². The molecule has 4 nitrogen and oxygen atoms in total. The molecule has 1 saturated carbocycles. The molecule has 5 heteroatoms. The van der Waals surface area contributed by atoms with Crippen LogP contribution in [0.25, 0.3) is 0 Å². The number of anilines is 1. The van der Waals surface area contributed by atoms with Crippen molar-refractivity contribution in [2.24, 2.45) is 11.7 Å². The number of hydrogen-bond donors (Lipinski definition) is 2. The molecule has 0 aliphatic heterocycles. The van der Waals surface area contributed by atoms with E-state index < -0.39 is 5.54 Å². The highest BCUT2D eigenvalue weighted by Gasteiger charge is 2.44. The minimum absolute atomic E-state index is 0.130. The molecule has 1 aromatic heterocycles. The highest BCUT2D eigenvalue weighted by molar-refractivity contribution is 7.13. The van der Waals surface area contributed by atoms with E-state index in [4.69, 9.17) is 5.73 Å². The van der Waals surface area contributed by atoms with Crippen molar-refractivity contribution in [1.29, 1.82) is 0 Å². The summed E-state index contributed by atoms with van der Waals surface area (Å²) in [6.07, 6.45) is 3.77. The molecule has 14 heavy (non-hydrogen) atoms. The van der Waals surface area contributed by atoms with Gasteiger partial charge in [-0.3, -0.25) is 4.79 Å². The molecule has 1 fully saturated rings. The van der Waals surface area contributed by atoms with Gasteiger partial charge in [-0.25, -0.2) is 4.98 Å². The second-order valence-electron chi connectivity index (χ2n) is 3.85. The van der Waals surface area contributed by atoms with Crippen LogP contribution < -0.4 is 11.1 Å². The SMILES string of the molecule is CC(N)(C(=O)Nc1nccs1)C1CC1. The van der Waals surface area contributed by atoms with E-state index in [9.17, 15) is 4.79 Å². The Kier molecular flexibility index (Phi) is 2.28. The Morgan fingerprint density at radius 2 is 2.50 bits per heavy atom. The summed E-state index contributed by atoms with van der Waals surface area (Å²) in [7, 11) is 0. The standard InChI is InChI=1S/C9H13N3OS/c1-9(10,6-2-3-6)7(13)12-8-11-4-5-14-8/h4-6H,2-3,10H2,1H3,(H,11,12,13). The highest BCUT2D eigenvalue weighted by atomic mass is 32.1. The molecule has 1 aliphatic carbocycles. The number of nitrogens with zero attached hydrogens (tertiary/aromatic N) is 1. The lowest BCUT2D eigenvalue weighted by Crippen LogP contribution is -2.50. The van der Waals surface area contributed by atoms with Crippen LogP contribution in [0, 0.1) is 5.92 Å². The smallest absolute Gasteiger partial charge is 0.246 e. The maximum Gasteiger partial charge on any atom is 0.246 e. The van der Waals surface area contributed by atoms with Crippen molar-refractivity contribution in [3.8, 4) is 0 Å². The minimum atomic E-state index is -0.744. The van der Waals surface area contributed by atoms with Gasteiger partial charge in [0, 0.05) is 11.6 Å². The Bertz CT molecular complexity index is 330. The molecule has 2 rings (SSSR count). The Hall–Kier alpha value is -0.940. The van der Waals surface area contributed by atoms with Gasteiger partial charge in [0.15, 0.2) is 5.13 Å². The number of nitrogens with one attached hydrogen (secondary N) is 1. The van der Waals surface area contributed by atoms with Crippen molar-refractivity contribution in [3.63, 3.8) is 0 Å². The quantitative estimate of drug-likeness (QED) is 0.789. The fraction of sp³-hybridized carbons (Fsp3) is 0.556. The van der Waals surface area contributed by atoms with Gasteiger partial charge in [-0.15, -0.1) is 11.3 Å². The number of rotatable bonds is 3. The van der Waals surface area contributed by atoms with E-state index in [2.05, 4.69) is 10.3 Å². The molecule has 0 aromatic carbocycles. The van der Waals surface area contributed by atoms with Crippen LogP contribution in [0.2, 0.25) is 0 Å². The predicted octanol–water partition coefficient (Wildman–Crippen LogP) is 1.21. The topological polar surface area (TPSA) is 68.0 Å². The highest BCUT2D eigenvalue weighted by Crippen LogP contribution is 2.38. The number of nitrogens with two attached hydrogens (primary N) is 1. The van der Waals surface area contributed by atoms with E-state index >= 15 is 0 Å². The van der Waals surface area contributed by atoms with Crippen LogP contribution in [0.3, 0.4) is 0 Å².